The monoisotopic (exact) mass is 385 g/mol. The number of piperidine rings is 1. The van der Waals surface area contributed by atoms with Crippen molar-refractivity contribution in [1.82, 2.24) is 10.2 Å². The Morgan fingerprint density at radius 3 is 2.31 bits per heavy atom. The molecule has 1 aromatic rings. The molecule has 2 saturated heterocycles. The fourth-order valence-electron chi connectivity index (χ4n) is 3.36. The zero-order valence-electron chi connectivity index (χ0n) is 14.6. The number of rotatable bonds is 3. The van der Waals surface area contributed by atoms with Crippen LogP contribution in [0.5, 0.6) is 0 Å². The van der Waals surface area contributed by atoms with Crippen molar-refractivity contribution in [2.24, 2.45) is 5.73 Å². The van der Waals surface area contributed by atoms with Gasteiger partial charge in [0.05, 0.1) is 5.54 Å². The van der Waals surface area contributed by atoms with Crippen LogP contribution >= 0.6 is 12.4 Å². The molecule has 2 amide bonds. The molecule has 0 bridgehead atoms. The van der Waals surface area contributed by atoms with Gasteiger partial charge in [-0.15, -0.1) is 12.4 Å². The Hall–Kier alpha value is -1.70. The Bertz CT molecular complexity index is 627. The van der Waals surface area contributed by atoms with Crippen molar-refractivity contribution in [2.75, 3.05) is 26.3 Å². The summed E-state index contributed by atoms with van der Waals surface area (Å²) in [5.74, 6) is -0.601. The van der Waals surface area contributed by atoms with Gasteiger partial charge in [-0.05, 0) is 49.9 Å². The molecule has 1 aromatic carbocycles. The number of nitrogens with one attached hydrogen (secondary N) is 1. The summed E-state index contributed by atoms with van der Waals surface area (Å²) in [4.78, 5) is 26.7. The van der Waals surface area contributed by atoms with Gasteiger partial charge in [0.2, 0.25) is 5.91 Å². The Labute approximate surface area is 158 Å². The summed E-state index contributed by atoms with van der Waals surface area (Å²) in [5.41, 5.74) is 5.88. The maximum absolute atomic E-state index is 12.9. The van der Waals surface area contributed by atoms with Gasteiger partial charge in [-0.3, -0.25) is 9.59 Å². The summed E-state index contributed by atoms with van der Waals surface area (Å²) in [5, 5.41) is 2.95. The van der Waals surface area contributed by atoms with Crippen molar-refractivity contribution in [3.8, 4) is 0 Å². The van der Waals surface area contributed by atoms with Crippen LogP contribution in [0.1, 0.15) is 36.0 Å². The van der Waals surface area contributed by atoms with Gasteiger partial charge in [0.1, 0.15) is 5.82 Å². The highest BCUT2D eigenvalue weighted by Gasteiger charge is 2.39. The fraction of sp³-hybridized carbons (Fsp3) is 0.556. The molecule has 2 heterocycles. The topological polar surface area (TPSA) is 84.7 Å². The molecule has 0 unspecified atom stereocenters. The second kappa shape index (κ2) is 8.79. The molecule has 0 spiro atoms. The number of ether oxygens (including phenoxy) is 1. The maximum Gasteiger partial charge on any atom is 0.251 e. The summed E-state index contributed by atoms with van der Waals surface area (Å²) in [6.45, 7) is 2.19. The van der Waals surface area contributed by atoms with E-state index in [2.05, 4.69) is 5.32 Å². The molecule has 144 valence electrons. The van der Waals surface area contributed by atoms with Gasteiger partial charge in [-0.2, -0.15) is 0 Å². The molecule has 0 saturated carbocycles. The Morgan fingerprint density at radius 2 is 1.73 bits per heavy atom. The zero-order chi connectivity index (χ0) is 17.9. The third-order valence-corrected chi connectivity index (χ3v) is 5.03. The third-order valence-electron chi connectivity index (χ3n) is 5.03. The van der Waals surface area contributed by atoms with Crippen molar-refractivity contribution in [1.29, 1.82) is 0 Å². The first-order valence-corrected chi connectivity index (χ1v) is 8.70. The number of carbonyl (C=O) groups is 2. The molecule has 2 fully saturated rings. The van der Waals surface area contributed by atoms with Crippen molar-refractivity contribution < 1.29 is 18.7 Å². The van der Waals surface area contributed by atoms with Crippen LogP contribution in [0.2, 0.25) is 0 Å². The lowest BCUT2D eigenvalue weighted by Gasteiger charge is -2.40. The number of nitrogens with zero attached hydrogens (tertiary/aromatic N) is 1. The van der Waals surface area contributed by atoms with Gasteiger partial charge in [-0.25, -0.2) is 4.39 Å². The molecule has 0 atom stereocenters. The highest BCUT2D eigenvalue weighted by molar-refractivity contribution is 5.94. The van der Waals surface area contributed by atoms with E-state index in [1.54, 1.807) is 4.90 Å². The molecule has 3 N–H and O–H groups in total. The van der Waals surface area contributed by atoms with Crippen LogP contribution in [0.4, 0.5) is 4.39 Å². The van der Waals surface area contributed by atoms with Crippen LogP contribution < -0.4 is 11.1 Å². The van der Waals surface area contributed by atoms with E-state index in [0.29, 0.717) is 57.6 Å². The lowest BCUT2D eigenvalue weighted by molar-refractivity contribution is -0.141. The zero-order valence-corrected chi connectivity index (χ0v) is 15.4. The molecule has 0 radical (unpaired) electrons. The smallest absolute Gasteiger partial charge is 0.251 e. The summed E-state index contributed by atoms with van der Waals surface area (Å²) in [7, 11) is 0. The van der Waals surface area contributed by atoms with Crippen LogP contribution in [0.25, 0.3) is 0 Å². The van der Waals surface area contributed by atoms with Crippen LogP contribution in [0.15, 0.2) is 24.3 Å². The average molecular weight is 386 g/mol. The molecule has 2 aliphatic heterocycles. The molecule has 0 aromatic heterocycles. The molecule has 2 aliphatic rings. The highest BCUT2D eigenvalue weighted by atomic mass is 35.5. The summed E-state index contributed by atoms with van der Waals surface area (Å²) < 4.78 is 18.2. The molecule has 8 heteroatoms. The fourth-order valence-corrected chi connectivity index (χ4v) is 3.36. The molecule has 0 aliphatic carbocycles. The number of carbonyl (C=O) groups excluding carboxylic acids is 2. The summed E-state index contributed by atoms with van der Waals surface area (Å²) in [6, 6.07) is 5.47. The van der Waals surface area contributed by atoms with Gasteiger partial charge in [-0.1, -0.05) is 0 Å². The van der Waals surface area contributed by atoms with E-state index in [9.17, 15) is 14.0 Å². The minimum atomic E-state index is -0.817. The Balaban J connectivity index is 0.00000243. The quantitative estimate of drug-likeness (QED) is 0.825. The first kappa shape index (κ1) is 20.6. The van der Waals surface area contributed by atoms with Crippen LogP contribution in [0, 0.1) is 5.82 Å². The van der Waals surface area contributed by atoms with Crippen molar-refractivity contribution in [2.45, 2.75) is 37.3 Å². The number of hydrogen-bond donors (Lipinski definition) is 2. The van der Waals surface area contributed by atoms with E-state index in [1.165, 1.54) is 24.3 Å². The van der Waals surface area contributed by atoms with Crippen molar-refractivity contribution in [3.05, 3.63) is 35.6 Å². The number of hydrogen-bond acceptors (Lipinski definition) is 4. The van der Waals surface area contributed by atoms with Gasteiger partial charge >= 0.3 is 0 Å². The second-order valence-corrected chi connectivity index (χ2v) is 6.82. The van der Waals surface area contributed by atoms with Crippen LogP contribution in [-0.4, -0.2) is 54.6 Å². The van der Waals surface area contributed by atoms with Gasteiger partial charge < -0.3 is 20.7 Å². The highest BCUT2D eigenvalue weighted by Crippen LogP contribution is 2.23. The normalized spacial score (nSPS) is 20.2. The minimum Gasteiger partial charge on any atom is -0.381 e. The van der Waals surface area contributed by atoms with Crippen LogP contribution in [-0.2, 0) is 9.53 Å². The van der Waals surface area contributed by atoms with Crippen molar-refractivity contribution in [3.63, 3.8) is 0 Å². The van der Waals surface area contributed by atoms with E-state index >= 15 is 0 Å². The van der Waals surface area contributed by atoms with Gasteiger partial charge in [0.25, 0.3) is 5.91 Å². The summed E-state index contributed by atoms with van der Waals surface area (Å²) >= 11 is 0. The predicted molar refractivity (Wildman–Crippen MR) is 97.7 cm³/mol. The number of likely N-dealkylation sites (tertiary alicyclic amines) is 1. The second-order valence-electron chi connectivity index (χ2n) is 6.82. The molecular formula is C18H25ClFN3O3. The van der Waals surface area contributed by atoms with E-state index in [1.807, 2.05) is 0 Å². The minimum absolute atomic E-state index is 0. The molecular weight excluding hydrogens is 361 g/mol. The predicted octanol–water partition coefficient (Wildman–Crippen LogP) is 1.48. The SMILES string of the molecule is Cl.NC1(C(=O)N2CCC(NC(=O)c3ccc(F)cc3)CC2)CCOCC1. The maximum atomic E-state index is 12.9. The van der Waals surface area contributed by atoms with Gasteiger partial charge in [0.15, 0.2) is 0 Å². The third kappa shape index (κ3) is 4.72. The Kier molecular flexibility index (Phi) is 6.97. The molecule has 26 heavy (non-hydrogen) atoms. The molecule has 3 rings (SSSR count). The first-order chi connectivity index (χ1) is 12.0. The average Bonchev–Trinajstić information content (AvgIpc) is 2.63. The van der Waals surface area contributed by atoms with Crippen LogP contribution in [0.3, 0.4) is 0 Å². The lowest BCUT2D eigenvalue weighted by atomic mass is 9.88. The van der Waals surface area contributed by atoms with Crippen molar-refractivity contribution >= 4 is 24.2 Å². The van der Waals surface area contributed by atoms with E-state index in [-0.39, 0.29) is 36.1 Å². The number of amides is 2. The largest absolute Gasteiger partial charge is 0.381 e. The standard InChI is InChI=1S/C18H24FN3O3.ClH/c19-14-3-1-13(2-4-14)16(23)21-15-5-9-22(10-6-15)17(24)18(20)7-11-25-12-8-18;/h1-4,15H,5-12,20H2,(H,21,23);1H. The Morgan fingerprint density at radius 1 is 1.15 bits per heavy atom. The summed E-state index contributed by atoms with van der Waals surface area (Å²) in [6.07, 6.45) is 2.47. The number of benzene rings is 1. The number of halogens is 2. The molecule has 6 nitrogen and oxygen atoms in total. The van der Waals surface area contributed by atoms with E-state index < -0.39 is 5.54 Å². The first-order valence-electron chi connectivity index (χ1n) is 8.70. The lowest BCUT2D eigenvalue weighted by Crippen LogP contribution is -2.60. The van der Waals surface area contributed by atoms with Gasteiger partial charge in [0, 0.05) is 37.9 Å². The van der Waals surface area contributed by atoms with E-state index in [0.717, 1.165) is 0 Å². The van der Waals surface area contributed by atoms with E-state index in [4.69, 9.17) is 10.5 Å². The number of nitrogens with two attached hydrogens (primary N) is 1.